The predicted octanol–water partition coefficient (Wildman–Crippen LogP) is 5.62. The summed E-state index contributed by atoms with van der Waals surface area (Å²) in [6.45, 7) is 3.74. The van der Waals surface area contributed by atoms with Gasteiger partial charge < -0.3 is 0 Å². The highest BCUT2D eigenvalue weighted by Crippen LogP contribution is 2.19. The van der Waals surface area contributed by atoms with E-state index in [0.29, 0.717) is 0 Å². The molecular weight excluding hydrogens is 295 g/mol. The normalized spacial score (nSPS) is 9.88. The van der Waals surface area contributed by atoms with Crippen molar-refractivity contribution in [3.8, 4) is 23.0 Å². The second-order valence-corrected chi connectivity index (χ2v) is 5.52. The molecule has 0 spiro atoms. The maximum Gasteiger partial charge on any atom is 0.123 e. The Balaban J connectivity index is 1.74. The van der Waals surface area contributed by atoms with Crippen LogP contribution in [0.3, 0.4) is 0 Å². The van der Waals surface area contributed by atoms with Gasteiger partial charge in [-0.05, 0) is 59.5 Å². The van der Waals surface area contributed by atoms with E-state index < -0.39 is 0 Å². The lowest BCUT2D eigenvalue weighted by atomic mass is 10.0. The number of rotatable bonds is 3. The molecular formula is C23H17F. The van der Waals surface area contributed by atoms with E-state index in [1.807, 2.05) is 42.5 Å². The third-order valence-electron chi connectivity index (χ3n) is 3.75. The molecule has 0 heterocycles. The van der Waals surface area contributed by atoms with Gasteiger partial charge in [0.25, 0.3) is 0 Å². The lowest BCUT2D eigenvalue weighted by Crippen LogP contribution is -1.82. The molecule has 116 valence electrons. The number of benzene rings is 3. The van der Waals surface area contributed by atoms with Gasteiger partial charge in [-0.25, -0.2) is 4.39 Å². The van der Waals surface area contributed by atoms with Crippen molar-refractivity contribution in [3.05, 3.63) is 108 Å². The van der Waals surface area contributed by atoms with Crippen LogP contribution in [0.2, 0.25) is 0 Å². The zero-order valence-electron chi connectivity index (χ0n) is 13.3. The van der Waals surface area contributed by atoms with Crippen LogP contribution in [0.15, 0.2) is 85.5 Å². The van der Waals surface area contributed by atoms with E-state index in [1.54, 1.807) is 12.1 Å². The molecule has 0 radical (unpaired) electrons. The van der Waals surface area contributed by atoms with E-state index in [1.165, 1.54) is 17.7 Å². The first-order chi connectivity index (χ1) is 11.7. The van der Waals surface area contributed by atoms with E-state index in [-0.39, 0.29) is 5.82 Å². The molecule has 0 aromatic heterocycles. The Hall–Kier alpha value is -3.11. The minimum atomic E-state index is -0.222. The predicted molar refractivity (Wildman–Crippen MR) is 98.2 cm³/mol. The lowest BCUT2D eigenvalue weighted by molar-refractivity contribution is 0.628. The average Bonchev–Trinajstić information content (AvgIpc) is 2.63. The van der Waals surface area contributed by atoms with Gasteiger partial charge in [0.15, 0.2) is 0 Å². The Bertz CT molecular complexity index is 874. The monoisotopic (exact) mass is 312 g/mol. The summed E-state index contributed by atoms with van der Waals surface area (Å²) in [5.41, 5.74) is 5.23. The summed E-state index contributed by atoms with van der Waals surface area (Å²) in [5, 5.41) is 0. The summed E-state index contributed by atoms with van der Waals surface area (Å²) in [5.74, 6) is 6.12. The molecule has 0 aliphatic heterocycles. The lowest BCUT2D eigenvalue weighted by Gasteiger charge is -2.01. The van der Waals surface area contributed by atoms with Crippen molar-refractivity contribution < 1.29 is 4.39 Å². The Morgan fingerprint density at radius 3 is 1.67 bits per heavy atom. The van der Waals surface area contributed by atoms with Gasteiger partial charge >= 0.3 is 0 Å². The summed E-state index contributed by atoms with van der Waals surface area (Å²) >= 11 is 0. The maximum absolute atomic E-state index is 13.0. The van der Waals surface area contributed by atoms with Crippen molar-refractivity contribution >= 4 is 0 Å². The quantitative estimate of drug-likeness (QED) is 0.435. The molecule has 0 bridgehead atoms. The van der Waals surface area contributed by atoms with Crippen LogP contribution >= 0.6 is 0 Å². The van der Waals surface area contributed by atoms with Crippen molar-refractivity contribution in [2.24, 2.45) is 0 Å². The van der Waals surface area contributed by atoms with Crippen LogP contribution in [0.5, 0.6) is 0 Å². The van der Waals surface area contributed by atoms with Crippen molar-refractivity contribution in [3.63, 3.8) is 0 Å². The van der Waals surface area contributed by atoms with Crippen molar-refractivity contribution in [1.82, 2.24) is 0 Å². The first kappa shape index (κ1) is 15.8. The molecule has 3 aromatic rings. The molecule has 0 saturated carbocycles. The van der Waals surface area contributed by atoms with Crippen LogP contribution in [0.4, 0.5) is 4.39 Å². The van der Waals surface area contributed by atoms with E-state index in [0.717, 1.165) is 28.7 Å². The first-order valence-corrected chi connectivity index (χ1v) is 7.82. The molecule has 0 atom stereocenters. The van der Waals surface area contributed by atoms with Crippen LogP contribution < -0.4 is 0 Å². The molecule has 0 nitrogen and oxygen atoms in total. The Labute approximate surface area is 142 Å². The zero-order chi connectivity index (χ0) is 16.8. The molecule has 0 aliphatic rings. The van der Waals surface area contributed by atoms with Crippen molar-refractivity contribution in [2.45, 2.75) is 6.42 Å². The summed E-state index contributed by atoms with van der Waals surface area (Å²) in [6.07, 6.45) is 2.77. The summed E-state index contributed by atoms with van der Waals surface area (Å²) in [4.78, 5) is 0. The van der Waals surface area contributed by atoms with Crippen molar-refractivity contribution in [1.29, 1.82) is 0 Å². The topological polar surface area (TPSA) is 0 Å². The Morgan fingerprint density at radius 1 is 0.708 bits per heavy atom. The summed E-state index contributed by atoms with van der Waals surface area (Å²) < 4.78 is 13.0. The minimum Gasteiger partial charge on any atom is -0.207 e. The van der Waals surface area contributed by atoms with Gasteiger partial charge in [-0.1, -0.05) is 54.3 Å². The highest BCUT2D eigenvalue weighted by Gasteiger charge is 1.98. The van der Waals surface area contributed by atoms with E-state index >= 15 is 0 Å². The van der Waals surface area contributed by atoms with Crippen LogP contribution in [0, 0.1) is 17.7 Å². The van der Waals surface area contributed by atoms with Gasteiger partial charge in [0, 0.05) is 11.1 Å². The summed E-state index contributed by atoms with van der Waals surface area (Å²) in [7, 11) is 0. The van der Waals surface area contributed by atoms with Gasteiger partial charge in [-0.2, -0.15) is 0 Å². The third-order valence-corrected chi connectivity index (χ3v) is 3.75. The van der Waals surface area contributed by atoms with Crippen LogP contribution in [0.25, 0.3) is 11.1 Å². The average molecular weight is 312 g/mol. The fourth-order valence-corrected chi connectivity index (χ4v) is 2.42. The number of allylic oxidation sites excluding steroid dienone is 1. The molecule has 3 rings (SSSR count). The molecule has 0 N–H and O–H groups in total. The van der Waals surface area contributed by atoms with Crippen molar-refractivity contribution in [2.75, 3.05) is 0 Å². The highest BCUT2D eigenvalue weighted by atomic mass is 19.1. The second kappa shape index (κ2) is 7.44. The van der Waals surface area contributed by atoms with Gasteiger partial charge in [-0.3, -0.25) is 0 Å². The van der Waals surface area contributed by atoms with E-state index in [4.69, 9.17) is 0 Å². The van der Waals surface area contributed by atoms with Gasteiger partial charge in [0.05, 0.1) is 0 Å². The van der Waals surface area contributed by atoms with Gasteiger partial charge in [-0.15, -0.1) is 6.58 Å². The zero-order valence-corrected chi connectivity index (χ0v) is 13.3. The third kappa shape index (κ3) is 4.00. The number of halogens is 1. The van der Waals surface area contributed by atoms with Gasteiger partial charge in [0.2, 0.25) is 0 Å². The molecule has 0 fully saturated rings. The standard InChI is InChI=1S/C23H17F/c1-2-3-18-4-6-19(7-5-18)8-9-20-10-12-21(13-11-20)22-14-16-23(24)17-15-22/h2,4-7,10-17H,1,3H2. The highest BCUT2D eigenvalue weighted by molar-refractivity contribution is 5.64. The second-order valence-electron chi connectivity index (χ2n) is 5.52. The molecule has 1 heteroatoms. The molecule has 0 aliphatic carbocycles. The molecule has 0 amide bonds. The van der Waals surface area contributed by atoms with Gasteiger partial charge in [0.1, 0.15) is 5.82 Å². The fraction of sp³-hybridized carbons (Fsp3) is 0.0435. The Kier molecular flexibility index (Phi) is 4.89. The SMILES string of the molecule is C=CCc1ccc(C#Cc2ccc(-c3ccc(F)cc3)cc2)cc1. The summed E-state index contributed by atoms with van der Waals surface area (Å²) in [6, 6.07) is 22.7. The van der Waals surface area contributed by atoms with Crippen LogP contribution in [-0.4, -0.2) is 0 Å². The number of hydrogen-bond acceptors (Lipinski definition) is 0. The molecule has 0 unspecified atom stereocenters. The molecule has 24 heavy (non-hydrogen) atoms. The van der Waals surface area contributed by atoms with E-state index in [2.05, 4.69) is 30.6 Å². The van der Waals surface area contributed by atoms with Crippen LogP contribution in [0.1, 0.15) is 16.7 Å². The molecule has 3 aromatic carbocycles. The first-order valence-electron chi connectivity index (χ1n) is 7.82. The van der Waals surface area contributed by atoms with E-state index in [9.17, 15) is 4.39 Å². The molecule has 0 saturated heterocycles. The van der Waals surface area contributed by atoms with Crippen LogP contribution in [-0.2, 0) is 6.42 Å². The minimum absolute atomic E-state index is 0.222. The Morgan fingerprint density at radius 2 is 1.17 bits per heavy atom. The largest absolute Gasteiger partial charge is 0.207 e. The maximum atomic E-state index is 13.0. The fourth-order valence-electron chi connectivity index (χ4n) is 2.42. The number of hydrogen-bond donors (Lipinski definition) is 0. The smallest absolute Gasteiger partial charge is 0.123 e.